The Balaban J connectivity index is 1.92. The molecule has 1 unspecified atom stereocenters. The summed E-state index contributed by atoms with van der Waals surface area (Å²) in [6.07, 6.45) is 0.907. The number of ether oxygens (including phenoxy) is 2. The lowest BCUT2D eigenvalue weighted by Gasteiger charge is -2.48. The van der Waals surface area contributed by atoms with E-state index in [-0.39, 0.29) is 17.8 Å². The molecule has 2 aliphatic heterocycles. The molecule has 0 bridgehead atoms. The van der Waals surface area contributed by atoms with Crippen LogP contribution in [0.15, 0.2) is 6.07 Å². The predicted octanol–water partition coefficient (Wildman–Crippen LogP) is 1.05. The molecule has 1 aromatic rings. The topological polar surface area (TPSA) is 67.7 Å². The van der Waals surface area contributed by atoms with Crippen molar-refractivity contribution in [2.45, 2.75) is 45.0 Å². The molecule has 1 aromatic heterocycles. The highest BCUT2D eigenvalue weighted by Gasteiger charge is 2.47. The molecular formula is C15H23N3O3. The Morgan fingerprint density at radius 1 is 1.33 bits per heavy atom. The second kappa shape index (κ2) is 5.19. The third-order valence-electron chi connectivity index (χ3n) is 3.96. The van der Waals surface area contributed by atoms with Crippen molar-refractivity contribution in [1.82, 2.24) is 9.97 Å². The van der Waals surface area contributed by atoms with Crippen LogP contribution in [0, 0.1) is 6.92 Å². The van der Waals surface area contributed by atoms with Crippen LogP contribution < -0.4 is 4.90 Å². The third kappa shape index (κ3) is 3.02. The van der Waals surface area contributed by atoms with Gasteiger partial charge >= 0.3 is 0 Å². The molecule has 2 fully saturated rings. The molecule has 1 atom stereocenters. The van der Waals surface area contributed by atoms with Crippen LogP contribution in [-0.4, -0.2) is 52.6 Å². The maximum atomic E-state index is 9.30. The molecular weight excluding hydrogens is 270 g/mol. The van der Waals surface area contributed by atoms with Crippen molar-refractivity contribution >= 4 is 5.82 Å². The van der Waals surface area contributed by atoms with Gasteiger partial charge in [-0.05, 0) is 20.8 Å². The van der Waals surface area contributed by atoms with Gasteiger partial charge in [-0.15, -0.1) is 0 Å². The Morgan fingerprint density at radius 2 is 2.14 bits per heavy atom. The molecule has 6 heteroatoms. The SMILES string of the molecule is Cc1cc(N2CC(C)(C)OC3(CCOC3)C2)nc(CO)n1. The standard InChI is InChI=1S/C15H23N3O3/c1-11-6-13(17-12(7-19)16-11)18-8-14(2,3)21-15(9-18)4-5-20-10-15/h6,19H,4-5,7-10H2,1-3H3. The first-order valence-electron chi connectivity index (χ1n) is 7.40. The van der Waals surface area contributed by atoms with Gasteiger partial charge in [0.2, 0.25) is 0 Å². The Labute approximate surface area is 125 Å². The van der Waals surface area contributed by atoms with Crippen LogP contribution >= 0.6 is 0 Å². The summed E-state index contributed by atoms with van der Waals surface area (Å²) in [5.74, 6) is 1.32. The van der Waals surface area contributed by atoms with Crippen molar-refractivity contribution in [3.63, 3.8) is 0 Å². The number of aliphatic hydroxyl groups is 1. The van der Waals surface area contributed by atoms with Crippen molar-refractivity contribution in [2.24, 2.45) is 0 Å². The lowest BCUT2D eigenvalue weighted by atomic mass is 9.95. The monoisotopic (exact) mass is 293 g/mol. The van der Waals surface area contributed by atoms with Crippen molar-refractivity contribution in [1.29, 1.82) is 0 Å². The molecule has 0 saturated carbocycles. The van der Waals surface area contributed by atoms with E-state index in [9.17, 15) is 5.11 Å². The number of hydrogen-bond acceptors (Lipinski definition) is 6. The average molecular weight is 293 g/mol. The Morgan fingerprint density at radius 3 is 2.81 bits per heavy atom. The van der Waals surface area contributed by atoms with Gasteiger partial charge in [-0.25, -0.2) is 9.97 Å². The second-order valence-electron chi connectivity index (χ2n) is 6.65. The smallest absolute Gasteiger partial charge is 0.156 e. The first-order valence-corrected chi connectivity index (χ1v) is 7.40. The van der Waals surface area contributed by atoms with E-state index in [0.717, 1.165) is 37.6 Å². The van der Waals surface area contributed by atoms with Gasteiger partial charge in [0.25, 0.3) is 0 Å². The van der Waals surface area contributed by atoms with E-state index >= 15 is 0 Å². The van der Waals surface area contributed by atoms with E-state index in [0.29, 0.717) is 12.4 Å². The zero-order chi connectivity index (χ0) is 15.1. The minimum absolute atomic E-state index is 0.142. The molecule has 116 valence electrons. The number of nitrogens with zero attached hydrogens (tertiary/aromatic N) is 3. The van der Waals surface area contributed by atoms with Crippen LogP contribution in [0.2, 0.25) is 0 Å². The van der Waals surface area contributed by atoms with Gasteiger partial charge in [-0.1, -0.05) is 0 Å². The van der Waals surface area contributed by atoms with E-state index < -0.39 is 0 Å². The summed E-state index contributed by atoms with van der Waals surface area (Å²) in [5, 5.41) is 9.30. The lowest BCUT2D eigenvalue weighted by Crippen LogP contribution is -2.60. The fraction of sp³-hybridized carbons (Fsp3) is 0.733. The van der Waals surface area contributed by atoms with Crippen molar-refractivity contribution in [2.75, 3.05) is 31.2 Å². The number of aliphatic hydroxyl groups excluding tert-OH is 1. The van der Waals surface area contributed by atoms with Crippen LogP contribution in [0.25, 0.3) is 0 Å². The molecule has 0 aliphatic carbocycles. The molecule has 0 amide bonds. The zero-order valence-electron chi connectivity index (χ0n) is 12.9. The summed E-state index contributed by atoms with van der Waals surface area (Å²) in [6.45, 7) is 8.87. The molecule has 1 N–H and O–H groups in total. The molecule has 2 aliphatic rings. The zero-order valence-corrected chi connectivity index (χ0v) is 12.9. The lowest BCUT2D eigenvalue weighted by molar-refractivity contribution is -0.151. The second-order valence-corrected chi connectivity index (χ2v) is 6.65. The number of anilines is 1. The largest absolute Gasteiger partial charge is 0.388 e. The first kappa shape index (κ1) is 14.7. The predicted molar refractivity (Wildman–Crippen MR) is 78.2 cm³/mol. The maximum absolute atomic E-state index is 9.30. The van der Waals surface area contributed by atoms with Gasteiger partial charge < -0.3 is 19.5 Å². The summed E-state index contributed by atoms with van der Waals surface area (Å²) >= 11 is 0. The molecule has 2 saturated heterocycles. The summed E-state index contributed by atoms with van der Waals surface area (Å²) in [5.41, 5.74) is 0.356. The van der Waals surface area contributed by atoms with Crippen LogP contribution in [0.3, 0.4) is 0 Å². The quantitative estimate of drug-likeness (QED) is 0.879. The van der Waals surface area contributed by atoms with Crippen LogP contribution in [0.1, 0.15) is 31.8 Å². The Hall–Kier alpha value is -1.24. The minimum Gasteiger partial charge on any atom is -0.388 e. The van der Waals surface area contributed by atoms with Crippen molar-refractivity contribution in [3.05, 3.63) is 17.6 Å². The fourth-order valence-electron chi connectivity index (χ4n) is 3.31. The highest BCUT2D eigenvalue weighted by molar-refractivity contribution is 5.42. The molecule has 0 radical (unpaired) electrons. The van der Waals surface area contributed by atoms with E-state index in [2.05, 4.69) is 28.7 Å². The molecule has 0 aromatic carbocycles. The number of rotatable bonds is 2. The maximum Gasteiger partial charge on any atom is 0.156 e. The number of aryl methyl sites for hydroxylation is 1. The Bertz CT molecular complexity index is 527. The fourth-order valence-corrected chi connectivity index (χ4v) is 3.31. The van der Waals surface area contributed by atoms with Crippen LogP contribution in [0.5, 0.6) is 0 Å². The summed E-state index contributed by atoms with van der Waals surface area (Å²) in [4.78, 5) is 10.9. The third-order valence-corrected chi connectivity index (χ3v) is 3.96. The number of aromatic nitrogens is 2. The van der Waals surface area contributed by atoms with Gasteiger partial charge in [-0.2, -0.15) is 0 Å². The summed E-state index contributed by atoms with van der Waals surface area (Å²) in [7, 11) is 0. The van der Waals surface area contributed by atoms with E-state index in [1.807, 2.05) is 13.0 Å². The molecule has 21 heavy (non-hydrogen) atoms. The molecule has 3 rings (SSSR count). The van der Waals surface area contributed by atoms with E-state index in [1.165, 1.54) is 0 Å². The normalized spacial score (nSPS) is 28.3. The van der Waals surface area contributed by atoms with E-state index in [1.54, 1.807) is 0 Å². The van der Waals surface area contributed by atoms with Crippen LogP contribution in [-0.2, 0) is 16.1 Å². The van der Waals surface area contributed by atoms with Crippen molar-refractivity contribution < 1.29 is 14.6 Å². The van der Waals surface area contributed by atoms with Gasteiger partial charge in [0.05, 0.1) is 18.8 Å². The summed E-state index contributed by atoms with van der Waals surface area (Å²) in [6, 6.07) is 1.96. The van der Waals surface area contributed by atoms with E-state index in [4.69, 9.17) is 9.47 Å². The Kier molecular flexibility index (Phi) is 3.63. The average Bonchev–Trinajstić information content (AvgIpc) is 2.83. The minimum atomic E-state index is -0.260. The molecule has 6 nitrogen and oxygen atoms in total. The van der Waals surface area contributed by atoms with Gasteiger partial charge in [-0.3, -0.25) is 0 Å². The molecule has 1 spiro atoms. The van der Waals surface area contributed by atoms with Gasteiger partial charge in [0, 0.05) is 31.3 Å². The molecule has 3 heterocycles. The first-order chi connectivity index (χ1) is 9.91. The highest BCUT2D eigenvalue weighted by atomic mass is 16.6. The number of hydrogen-bond donors (Lipinski definition) is 1. The van der Waals surface area contributed by atoms with Gasteiger partial charge in [0.1, 0.15) is 18.0 Å². The number of morpholine rings is 1. The summed E-state index contributed by atoms with van der Waals surface area (Å²) < 4.78 is 11.9. The highest BCUT2D eigenvalue weighted by Crippen LogP contribution is 2.36. The van der Waals surface area contributed by atoms with Crippen molar-refractivity contribution in [3.8, 4) is 0 Å². The van der Waals surface area contributed by atoms with Gasteiger partial charge in [0.15, 0.2) is 5.82 Å². The van der Waals surface area contributed by atoms with Crippen LogP contribution in [0.4, 0.5) is 5.82 Å².